The first-order valence-electron chi connectivity index (χ1n) is 15.2. The van der Waals surface area contributed by atoms with Crippen LogP contribution in [0, 0.1) is 11.7 Å². The van der Waals surface area contributed by atoms with E-state index in [0.29, 0.717) is 48.9 Å². The third-order valence-electron chi connectivity index (χ3n) is 8.91. The van der Waals surface area contributed by atoms with Crippen molar-refractivity contribution in [1.82, 2.24) is 14.6 Å². The van der Waals surface area contributed by atoms with E-state index in [0.717, 1.165) is 24.6 Å². The Labute approximate surface area is 264 Å². The molecule has 2 aliphatic rings. The van der Waals surface area contributed by atoms with E-state index in [1.54, 1.807) is 46.8 Å². The molecule has 3 N–H and O–H groups in total. The number of rotatable bonds is 11. The van der Waals surface area contributed by atoms with E-state index < -0.39 is 27.9 Å². The normalized spacial score (nSPS) is 21.5. The number of halogens is 2. The lowest BCUT2D eigenvalue weighted by Crippen LogP contribution is -2.58. The van der Waals surface area contributed by atoms with E-state index in [4.69, 9.17) is 22.1 Å². The Balaban J connectivity index is 1.35. The Bertz CT molecular complexity index is 1520. The summed E-state index contributed by atoms with van der Waals surface area (Å²) in [6.45, 7) is 4.05. The molecule has 0 saturated carbocycles. The largest absolute Gasteiger partial charge is 0.381 e. The molecule has 3 heterocycles. The number of sulfonamides is 1. The van der Waals surface area contributed by atoms with Gasteiger partial charge in [0.1, 0.15) is 5.82 Å². The topological polar surface area (TPSA) is 115 Å². The summed E-state index contributed by atoms with van der Waals surface area (Å²) in [4.78, 5) is 18.0. The Morgan fingerprint density at radius 2 is 1.82 bits per heavy atom. The summed E-state index contributed by atoms with van der Waals surface area (Å²) in [5.41, 5.74) is 8.49. The predicted octanol–water partition coefficient (Wildman–Crippen LogP) is 4.51. The molecule has 2 saturated heterocycles. The molecule has 11 heteroatoms. The van der Waals surface area contributed by atoms with Gasteiger partial charge >= 0.3 is 0 Å². The fourth-order valence-electron chi connectivity index (χ4n) is 6.66. The number of ether oxygens (including phenoxy) is 1. The van der Waals surface area contributed by atoms with Crippen LogP contribution in [0.4, 0.5) is 4.39 Å². The van der Waals surface area contributed by atoms with Crippen LogP contribution in [0.5, 0.6) is 0 Å². The average molecular weight is 643 g/mol. The molecule has 2 fully saturated rings. The van der Waals surface area contributed by atoms with Crippen LogP contribution in [-0.4, -0.2) is 67.9 Å². The fraction of sp³-hybridized carbons (Fsp3) is 0.455. The van der Waals surface area contributed by atoms with E-state index in [9.17, 15) is 13.2 Å². The number of Topliss-reactive ketones (excluding diaryl/α,β-unsaturated/α-hetero) is 1. The van der Waals surface area contributed by atoms with E-state index in [2.05, 4.69) is 10.3 Å². The van der Waals surface area contributed by atoms with Crippen LogP contribution in [0.2, 0.25) is 5.02 Å². The van der Waals surface area contributed by atoms with Crippen molar-refractivity contribution < 1.29 is 22.3 Å². The minimum absolute atomic E-state index is 0.0695. The van der Waals surface area contributed by atoms with Crippen molar-refractivity contribution in [3.05, 3.63) is 94.5 Å². The van der Waals surface area contributed by atoms with Crippen molar-refractivity contribution in [2.75, 3.05) is 26.3 Å². The lowest BCUT2D eigenvalue weighted by atomic mass is 9.75. The second-order valence-corrected chi connectivity index (χ2v) is 14.1. The first-order valence-corrected chi connectivity index (χ1v) is 17.0. The number of benzene rings is 2. The van der Waals surface area contributed by atoms with Gasteiger partial charge in [-0.25, -0.2) is 12.8 Å². The molecule has 2 aromatic carbocycles. The maximum absolute atomic E-state index is 15.3. The number of hydrogen-bond donors (Lipinski definition) is 2. The summed E-state index contributed by atoms with van der Waals surface area (Å²) in [5, 5.41) is 3.92. The molecule has 0 radical (unpaired) electrons. The molecule has 0 unspecified atom stereocenters. The molecule has 5 rings (SSSR count). The number of nitrogens with zero attached hydrogens (tertiary/aromatic N) is 2. The molecule has 4 atom stereocenters. The lowest BCUT2D eigenvalue weighted by molar-refractivity contribution is -0.120. The van der Waals surface area contributed by atoms with Crippen LogP contribution in [0.1, 0.15) is 48.8 Å². The summed E-state index contributed by atoms with van der Waals surface area (Å²) < 4.78 is 49.7. The summed E-state index contributed by atoms with van der Waals surface area (Å²) >= 11 is 6.14. The monoisotopic (exact) mass is 642 g/mol. The zero-order valence-electron chi connectivity index (χ0n) is 24.9. The van der Waals surface area contributed by atoms with Gasteiger partial charge in [-0.15, -0.1) is 0 Å². The van der Waals surface area contributed by atoms with Gasteiger partial charge in [0.15, 0.2) is 5.78 Å². The van der Waals surface area contributed by atoms with Gasteiger partial charge in [-0.1, -0.05) is 41.9 Å². The van der Waals surface area contributed by atoms with E-state index in [-0.39, 0.29) is 41.4 Å². The van der Waals surface area contributed by atoms with Gasteiger partial charge in [0.05, 0.1) is 17.1 Å². The molecule has 8 nitrogen and oxygen atoms in total. The Morgan fingerprint density at radius 3 is 2.52 bits per heavy atom. The number of nitrogens with two attached hydrogens (primary N) is 1. The molecular weight excluding hydrogens is 603 g/mol. The van der Waals surface area contributed by atoms with E-state index in [1.165, 1.54) is 6.20 Å². The summed E-state index contributed by atoms with van der Waals surface area (Å²) in [5.74, 6) is -0.796. The zero-order chi connectivity index (χ0) is 31.3. The van der Waals surface area contributed by atoms with Gasteiger partial charge in [-0.05, 0) is 79.5 Å². The molecular formula is C33H40ClFN4O4S. The molecule has 2 aliphatic heterocycles. The minimum atomic E-state index is -3.77. The Kier molecular flexibility index (Phi) is 10.8. The molecule has 3 aromatic rings. The number of piperazine rings is 1. The number of carbonyl (C=O) groups excluding carboxylic acids is 1. The van der Waals surface area contributed by atoms with Crippen LogP contribution in [0.15, 0.2) is 71.9 Å². The van der Waals surface area contributed by atoms with Crippen LogP contribution < -0.4 is 11.1 Å². The lowest BCUT2D eigenvalue weighted by Gasteiger charge is -2.40. The maximum Gasteiger partial charge on any atom is 0.243 e. The smallest absolute Gasteiger partial charge is 0.243 e. The SMILES string of the molecule is C[C@H]1CNC[C@H](CCc2c(F)cncc2CC(=O)[C@@H](N)[C@@H](c2ccc(Cl)cc2)C2CCOCC2)N1S(=O)(=O)c1ccccc1. The first-order chi connectivity index (χ1) is 21.2. The van der Waals surface area contributed by atoms with Gasteiger partial charge in [-0.3, -0.25) is 9.78 Å². The van der Waals surface area contributed by atoms with Crippen LogP contribution >= 0.6 is 11.6 Å². The predicted molar refractivity (Wildman–Crippen MR) is 169 cm³/mol. The highest BCUT2D eigenvalue weighted by atomic mass is 35.5. The second kappa shape index (κ2) is 14.6. The summed E-state index contributed by atoms with van der Waals surface area (Å²) in [6.07, 6.45) is 4.78. The van der Waals surface area contributed by atoms with Crippen molar-refractivity contribution in [3.63, 3.8) is 0 Å². The highest BCUT2D eigenvalue weighted by Gasteiger charge is 2.38. The number of pyridine rings is 1. The van der Waals surface area contributed by atoms with Gasteiger partial charge in [0.2, 0.25) is 10.0 Å². The number of carbonyl (C=O) groups is 1. The minimum Gasteiger partial charge on any atom is -0.381 e. The quantitative estimate of drug-likeness (QED) is 0.316. The van der Waals surface area contributed by atoms with Crippen LogP contribution in [0.25, 0.3) is 0 Å². The Morgan fingerprint density at radius 1 is 1.11 bits per heavy atom. The summed E-state index contributed by atoms with van der Waals surface area (Å²) in [7, 11) is -3.77. The van der Waals surface area contributed by atoms with Gasteiger partial charge in [0, 0.05) is 61.9 Å². The molecule has 0 bridgehead atoms. The van der Waals surface area contributed by atoms with Gasteiger partial charge in [0.25, 0.3) is 0 Å². The van der Waals surface area contributed by atoms with E-state index >= 15 is 4.39 Å². The number of nitrogens with one attached hydrogen (secondary N) is 1. The molecule has 236 valence electrons. The van der Waals surface area contributed by atoms with Gasteiger partial charge in [-0.2, -0.15) is 4.31 Å². The highest BCUT2D eigenvalue weighted by molar-refractivity contribution is 7.89. The van der Waals surface area contributed by atoms with Crippen LogP contribution in [0.3, 0.4) is 0 Å². The molecule has 1 aromatic heterocycles. The van der Waals surface area contributed by atoms with Crippen molar-refractivity contribution in [2.24, 2.45) is 11.7 Å². The van der Waals surface area contributed by atoms with Gasteiger partial charge < -0.3 is 15.8 Å². The third kappa shape index (κ3) is 7.38. The van der Waals surface area contributed by atoms with Crippen LogP contribution in [-0.2, 0) is 32.4 Å². The Hall–Kier alpha value is -2.73. The fourth-order valence-corrected chi connectivity index (χ4v) is 8.65. The van der Waals surface area contributed by atoms with Crippen molar-refractivity contribution in [2.45, 2.75) is 68.0 Å². The molecule has 0 spiro atoms. The first kappa shape index (κ1) is 32.7. The van der Waals surface area contributed by atoms with Crippen molar-refractivity contribution in [1.29, 1.82) is 0 Å². The number of ketones is 1. The average Bonchev–Trinajstić information content (AvgIpc) is 3.02. The highest BCUT2D eigenvalue weighted by Crippen LogP contribution is 2.36. The van der Waals surface area contributed by atoms with Crippen molar-refractivity contribution in [3.8, 4) is 0 Å². The molecule has 44 heavy (non-hydrogen) atoms. The molecule has 0 amide bonds. The standard InChI is InChI=1S/C33H40ClFN4O4S/c1-22-18-37-20-27(39(22)44(41,42)28-5-3-2-4-6-28)11-12-29-25(19-38-21-30(29)35)17-31(40)33(36)32(24-13-15-43-16-14-24)23-7-9-26(34)10-8-23/h2-10,19,21-22,24,27,32-33,37H,11-18,20,36H2,1H3/t22-,27-,32-,33+/m0/s1. The zero-order valence-corrected chi connectivity index (χ0v) is 26.4. The van der Waals surface area contributed by atoms with Crippen molar-refractivity contribution >= 4 is 27.4 Å². The number of hydrogen-bond acceptors (Lipinski definition) is 7. The second-order valence-electron chi connectivity index (χ2n) is 11.8. The third-order valence-corrected chi connectivity index (χ3v) is 11.2. The number of aromatic nitrogens is 1. The van der Waals surface area contributed by atoms with E-state index in [1.807, 2.05) is 19.1 Å². The molecule has 0 aliphatic carbocycles. The summed E-state index contributed by atoms with van der Waals surface area (Å²) in [6, 6.07) is 14.3. The maximum atomic E-state index is 15.3.